The fraction of sp³-hybridized carbons (Fsp3) is 0.167. The molecule has 0 N–H and O–H groups in total. The predicted octanol–water partition coefficient (Wildman–Crippen LogP) is 1.19. The SMILES string of the molecule is CCn1cc(-c2ccc3ncc([SH](=O)=O)n3c2)cn1. The van der Waals surface area contributed by atoms with Crippen LogP contribution >= 0.6 is 0 Å². The molecule has 0 aliphatic carbocycles. The number of imidazole rings is 1. The highest BCUT2D eigenvalue weighted by molar-refractivity contribution is 7.72. The Morgan fingerprint density at radius 1 is 1.16 bits per heavy atom. The van der Waals surface area contributed by atoms with Gasteiger partial charge in [-0.1, -0.05) is 0 Å². The number of rotatable bonds is 3. The Hall–Kier alpha value is -2.15. The average Bonchev–Trinajstić information content (AvgIpc) is 3.04. The van der Waals surface area contributed by atoms with Crippen LogP contribution in [0.2, 0.25) is 0 Å². The summed E-state index contributed by atoms with van der Waals surface area (Å²) in [7, 11) is -2.66. The van der Waals surface area contributed by atoms with Gasteiger partial charge in [0, 0.05) is 30.1 Å². The summed E-state index contributed by atoms with van der Waals surface area (Å²) in [6.45, 7) is 2.81. The quantitative estimate of drug-likeness (QED) is 0.730. The van der Waals surface area contributed by atoms with Gasteiger partial charge in [-0.2, -0.15) is 5.10 Å². The molecule has 0 aliphatic heterocycles. The van der Waals surface area contributed by atoms with Crippen LogP contribution in [0.4, 0.5) is 0 Å². The second kappa shape index (κ2) is 4.51. The number of fused-ring (bicyclic) bond motifs is 1. The number of hydrogen-bond acceptors (Lipinski definition) is 4. The first-order valence-corrected chi connectivity index (χ1v) is 7.01. The second-order valence-corrected chi connectivity index (χ2v) is 5.08. The molecule has 3 heterocycles. The maximum atomic E-state index is 11.1. The Balaban J connectivity index is 2.17. The third kappa shape index (κ3) is 2.01. The van der Waals surface area contributed by atoms with Crippen LogP contribution < -0.4 is 0 Å². The summed E-state index contributed by atoms with van der Waals surface area (Å²) in [5, 5.41) is 4.40. The van der Waals surface area contributed by atoms with E-state index in [1.165, 1.54) is 6.20 Å². The van der Waals surface area contributed by atoms with Crippen LogP contribution in [-0.4, -0.2) is 27.6 Å². The smallest absolute Gasteiger partial charge is 0.185 e. The van der Waals surface area contributed by atoms with Gasteiger partial charge in [-0.3, -0.25) is 9.08 Å². The van der Waals surface area contributed by atoms with Crippen LogP contribution in [0.3, 0.4) is 0 Å². The van der Waals surface area contributed by atoms with E-state index >= 15 is 0 Å². The predicted molar refractivity (Wildman–Crippen MR) is 70.7 cm³/mol. The number of thiol groups is 1. The van der Waals surface area contributed by atoms with Gasteiger partial charge in [-0.25, -0.2) is 13.4 Å². The first-order valence-electron chi connectivity index (χ1n) is 5.83. The van der Waals surface area contributed by atoms with Crippen molar-refractivity contribution in [3.05, 3.63) is 36.9 Å². The van der Waals surface area contributed by atoms with Crippen LogP contribution in [0.5, 0.6) is 0 Å². The molecule has 0 radical (unpaired) electrons. The molecule has 3 aromatic rings. The number of hydrogen-bond donors (Lipinski definition) is 1. The standard InChI is InChI=1S/C12H12N4O2S/c1-2-15-7-10(5-14-15)9-3-4-11-13-6-12(19(17)18)16(11)8-9/h3-8,19H,2H2,1H3. The van der Waals surface area contributed by atoms with E-state index < -0.39 is 10.7 Å². The van der Waals surface area contributed by atoms with E-state index in [1.807, 2.05) is 23.9 Å². The van der Waals surface area contributed by atoms with Gasteiger partial charge >= 0.3 is 0 Å². The normalized spacial score (nSPS) is 11.5. The van der Waals surface area contributed by atoms with E-state index in [-0.39, 0.29) is 5.03 Å². The molecule has 0 aliphatic rings. The van der Waals surface area contributed by atoms with Crippen LogP contribution in [-0.2, 0) is 17.2 Å². The van der Waals surface area contributed by atoms with E-state index in [2.05, 4.69) is 10.1 Å². The topological polar surface area (TPSA) is 69.3 Å². The van der Waals surface area contributed by atoms with Gasteiger partial charge < -0.3 is 0 Å². The highest BCUT2D eigenvalue weighted by Gasteiger charge is 2.08. The molecule has 0 amide bonds. The van der Waals surface area contributed by atoms with Crippen molar-refractivity contribution < 1.29 is 8.42 Å². The Labute approximate surface area is 111 Å². The lowest BCUT2D eigenvalue weighted by Gasteiger charge is -2.00. The maximum absolute atomic E-state index is 11.1. The zero-order valence-corrected chi connectivity index (χ0v) is 11.1. The Kier molecular flexibility index (Phi) is 2.83. The molecule has 3 aromatic heterocycles. The lowest BCUT2D eigenvalue weighted by molar-refractivity contribution is 0.610. The molecule has 7 heteroatoms. The van der Waals surface area contributed by atoms with Gasteiger partial charge in [0.15, 0.2) is 15.7 Å². The Morgan fingerprint density at radius 2 is 2.00 bits per heavy atom. The first kappa shape index (κ1) is 11.9. The minimum absolute atomic E-state index is 0.190. The van der Waals surface area contributed by atoms with Gasteiger partial charge in [0.25, 0.3) is 0 Å². The molecule has 0 bridgehead atoms. The van der Waals surface area contributed by atoms with Crippen molar-refractivity contribution in [3.63, 3.8) is 0 Å². The maximum Gasteiger partial charge on any atom is 0.185 e. The summed E-state index contributed by atoms with van der Waals surface area (Å²) in [4.78, 5) is 4.05. The fourth-order valence-electron chi connectivity index (χ4n) is 1.96. The molecular weight excluding hydrogens is 264 g/mol. The summed E-state index contributed by atoms with van der Waals surface area (Å²) in [6, 6.07) is 3.70. The van der Waals surface area contributed by atoms with E-state index in [0.29, 0.717) is 5.65 Å². The summed E-state index contributed by atoms with van der Waals surface area (Å²) < 4.78 is 25.7. The summed E-state index contributed by atoms with van der Waals surface area (Å²) in [5.41, 5.74) is 2.47. The van der Waals surface area contributed by atoms with Gasteiger partial charge in [0.05, 0.1) is 12.4 Å². The molecular formula is C12H12N4O2S. The lowest BCUT2D eigenvalue weighted by Crippen LogP contribution is -1.92. The Bertz CT molecular complexity index is 808. The number of aryl methyl sites for hydroxylation is 1. The monoisotopic (exact) mass is 276 g/mol. The van der Waals surface area contributed by atoms with E-state index in [0.717, 1.165) is 17.7 Å². The summed E-state index contributed by atoms with van der Waals surface area (Å²) in [5.74, 6) is 0. The largest absolute Gasteiger partial charge is 0.290 e. The number of pyridine rings is 1. The lowest BCUT2D eigenvalue weighted by atomic mass is 10.2. The van der Waals surface area contributed by atoms with Crippen LogP contribution in [0, 0.1) is 0 Å². The Morgan fingerprint density at radius 3 is 2.68 bits per heavy atom. The van der Waals surface area contributed by atoms with Crippen molar-refractivity contribution in [2.24, 2.45) is 0 Å². The minimum Gasteiger partial charge on any atom is -0.290 e. The zero-order chi connectivity index (χ0) is 13.4. The molecule has 0 atom stereocenters. The van der Waals surface area contributed by atoms with Crippen molar-refractivity contribution >= 4 is 16.4 Å². The van der Waals surface area contributed by atoms with E-state index in [1.54, 1.807) is 22.9 Å². The third-order valence-corrected chi connectivity index (χ3v) is 3.67. The summed E-state index contributed by atoms with van der Waals surface area (Å²) in [6.07, 6.45) is 6.81. The average molecular weight is 276 g/mol. The van der Waals surface area contributed by atoms with Crippen LogP contribution in [0.1, 0.15) is 6.92 Å². The second-order valence-electron chi connectivity index (χ2n) is 4.10. The molecule has 19 heavy (non-hydrogen) atoms. The van der Waals surface area contributed by atoms with Crippen molar-refractivity contribution in [2.45, 2.75) is 18.5 Å². The molecule has 0 saturated carbocycles. The van der Waals surface area contributed by atoms with Crippen molar-refractivity contribution in [2.75, 3.05) is 0 Å². The van der Waals surface area contributed by atoms with Gasteiger partial charge in [0.1, 0.15) is 5.65 Å². The highest BCUT2D eigenvalue weighted by atomic mass is 32.2. The van der Waals surface area contributed by atoms with E-state index in [9.17, 15) is 8.42 Å². The zero-order valence-electron chi connectivity index (χ0n) is 10.2. The van der Waals surface area contributed by atoms with Crippen LogP contribution in [0.25, 0.3) is 16.8 Å². The van der Waals surface area contributed by atoms with E-state index in [4.69, 9.17) is 0 Å². The first-order chi connectivity index (χ1) is 9.19. The molecule has 6 nitrogen and oxygen atoms in total. The van der Waals surface area contributed by atoms with Crippen LogP contribution in [0.15, 0.2) is 41.9 Å². The highest BCUT2D eigenvalue weighted by Crippen LogP contribution is 2.20. The molecule has 0 aromatic carbocycles. The molecule has 0 spiro atoms. The van der Waals surface area contributed by atoms with Gasteiger partial charge in [0.2, 0.25) is 0 Å². The summed E-state index contributed by atoms with van der Waals surface area (Å²) >= 11 is 0. The molecule has 0 saturated heterocycles. The minimum atomic E-state index is -2.66. The number of aromatic nitrogens is 4. The third-order valence-electron chi connectivity index (χ3n) is 2.96. The van der Waals surface area contributed by atoms with Gasteiger partial charge in [-0.05, 0) is 19.1 Å². The molecule has 0 fully saturated rings. The van der Waals surface area contributed by atoms with Crippen molar-refractivity contribution in [1.82, 2.24) is 19.2 Å². The molecule has 3 rings (SSSR count). The molecule has 0 unspecified atom stereocenters. The van der Waals surface area contributed by atoms with Gasteiger partial charge in [-0.15, -0.1) is 0 Å². The van der Waals surface area contributed by atoms with Crippen molar-refractivity contribution in [1.29, 1.82) is 0 Å². The number of nitrogens with zero attached hydrogens (tertiary/aromatic N) is 4. The molecule has 98 valence electrons. The van der Waals surface area contributed by atoms with Crippen molar-refractivity contribution in [3.8, 4) is 11.1 Å². The fourth-order valence-corrected chi connectivity index (χ4v) is 2.45.